The predicted molar refractivity (Wildman–Crippen MR) is 51.4 cm³/mol. The quantitative estimate of drug-likeness (QED) is 0.692. The van der Waals surface area contributed by atoms with E-state index < -0.39 is 30.0 Å². The molecule has 0 heterocycles. The Kier molecular flexibility index (Phi) is 2.63. The number of nitrogens with one attached hydrogen (secondary N) is 1. The van der Waals surface area contributed by atoms with E-state index in [9.17, 15) is 22.8 Å². The predicted octanol–water partition coefficient (Wildman–Crippen LogP) is 0.341. The fourth-order valence-electron chi connectivity index (χ4n) is 2.64. The molecule has 0 saturated heterocycles. The van der Waals surface area contributed by atoms with Crippen molar-refractivity contribution in [3.05, 3.63) is 12.2 Å². The summed E-state index contributed by atoms with van der Waals surface area (Å²) in [6.45, 7) is 0. The molecule has 4 nitrogen and oxygen atoms in total. The molecule has 0 aliphatic heterocycles. The Morgan fingerprint density at radius 3 is 2.35 bits per heavy atom. The molecule has 0 aromatic heterocycles. The first kappa shape index (κ1) is 11.9. The lowest BCUT2D eigenvalue weighted by molar-refractivity contribution is -0.175. The van der Waals surface area contributed by atoms with Crippen molar-refractivity contribution in [3.63, 3.8) is 0 Å². The Bertz CT molecular complexity index is 392. The third kappa shape index (κ3) is 2.01. The molecule has 2 rings (SSSR count). The summed E-state index contributed by atoms with van der Waals surface area (Å²) in [6, 6.07) is -0.836. The number of hydrogen-bond acceptors (Lipinski definition) is 2. The average molecular weight is 248 g/mol. The molecule has 2 bridgehead atoms. The van der Waals surface area contributed by atoms with Crippen LogP contribution in [0.4, 0.5) is 13.2 Å². The molecule has 1 saturated carbocycles. The maximum Gasteiger partial charge on any atom is 0.471 e. The number of carbonyl (C=O) groups excluding carboxylic acids is 2. The maximum atomic E-state index is 12.1. The zero-order valence-electron chi connectivity index (χ0n) is 8.70. The van der Waals surface area contributed by atoms with Gasteiger partial charge >= 0.3 is 12.1 Å². The molecule has 17 heavy (non-hydrogen) atoms. The van der Waals surface area contributed by atoms with Crippen LogP contribution in [0.15, 0.2) is 12.2 Å². The number of carbonyl (C=O) groups is 2. The van der Waals surface area contributed by atoms with E-state index in [1.807, 2.05) is 5.32 Å². The average Bonchev–Trinajstić information content (AvgIpc) is 2.75. The second-order valence-corrected chi connectivity index (χ2v) is 4.37. The largest absolute Gasteiger partial charge is 0.471 e. The van der Waals surface area contributed by atoms with E-state index in [0.717, 1.165) is 0 Å². The van der Waals surface area contributed by atoms with E-state index in [-0.39, 0.29) is 11.8 Å². The van der Waals surface area contributed by atoms with Crippen molar-refractivity contribution in [2.75, 3.05) is 0 Å². The maximum absolute atomic E-state index is 12.1. The lowest BCUT2D eigenvalue weighted by atomic mass is 9.88. The van der Waals surface area contributed by atoms with Crippen LogP contribution < -0.4 is 11.1 Å². The molecule has 0 aromatic rings. The molecule has 94 valence electrons. The van der Waals surface area contributed by atoms with Crippen LogP contribution in [0.5, 0.6) is 0 Å². The van der Waals surface area contributed by atoms with Crippen molar-refractivity contribution in [1.82, 2.24) is 5.32 Å². The van der Waals surface area contributed by atoms with Gasteiger partial charge in [-0.2, -0.15) is 13.2 Å². The summed E-state index contributed by atoms with van der Waals surface area (Å²) in [5.74, 6) is -3.82. The van der Waals surface area contributed by atoms with Crippen LogP contribution in [0.25, 0.3) is 0 Å². The van der Waals surface area contributed by atoms with Crippen LogP contribution in [0.2, 0.25) is 0 Å². The fraction of sp³-hybridized carbons (Fsp3) is 0.600. The fourth-order valence-corrected chi connectivity index (χ4v) is 2.64. The first-order valence-electron chi connectivity index (χ1n) is 5.16. The summed E-state index contributed by atoms with van der Waals surface area (Å²) in [5.41, 5.74) is 5.15. The van der Waals surface area contributed by atoms with E-state index in [4.69, 9.17) is 5.73 Å². The van der Waals surface area contributed by atoms with Crippen LogP contribution >= 0.6 is 0 Å². The minimum Gasteiger partial charge on any atom is -0.369 e. The molecule has 2 aliphatic carbocycles. The number of nitrogens with two attached hydrogens (primary N) is 1. The minimum absolute atomic E-state index is 0.156. The topological polar surface area (TPSA) is 72.2 Å². The molecular weight excluding hydrogens is 237 g/mol. The Hall–Kier alpha value is -1.53. The number of amides is 2. The van der Waals surface area contributed by atoms with Gasteiger partial charge in [0.05, 0.1) is 5.92 Å². The first-order chi connectivity index (χ1) is 7.80. The second kappa shape index (κ2) is 3.75. The number of allylic oxidation sites excluding steroid dienone is 1. The van der Waals surface area contributed by atoms with E-state index >= 15 is 0 Å². The van der Waals surface area contributed by atoms with Gasteiger partial charge in [0.2, 0.25) is 5.91 Å². The molecular formula is C10H11F3N2O2. The second-order valence-electron chi connectivity index (χ2n) is 4.37. The number of halogens is 3. The van der Waals surface area contributed by atoms with E-state index in [1.165, 1.54) is 0 Å². The molecule has 4 atom stereocenters. The Morgan fingerprint density at radius 2 is 1.82 bits per heavy atom. The number of primary amides is 1. The lowest BCUT2D eigenvalue weighted by Crippen LogP contribution is -2.51. The molecule has 3 N–H and O–H groups in total. The van der Waals surface area contributed by atoms with Gasteiger partial charge in [-0.3, -0.25) is 9.59 Å². The molecule has 7 heteroatoms. The van der Waals surface area contributed by atoms with E-state index in [1.54, 1.807) is 12.2 Å². The van der Waals surface area contributed by atoms with Crippen LogP contribution in [-0.4, -0.2) is 24.0 Å². The summed E-state index contributed by atoms with van der Waals surface area (Å²) >= 11 is 0. The number of hydrogen-bond donors (Lipinski definition) is 2. The molecule has 2 aliphatic rings. The summed E-state index contributed by atoms with van der Waals surface area (Å²) in [4.78, 5) is 22.0. The third-order valence-corrected chi connectivity index (χ3v) is 3.34. The van der Waals surface area contributed by atoms with Gasteiger partial charge in [-0.15, -0.1) is 0 Å². The van der Waals surface area contributed by atoms with Crippen LogP contribution in [0.1, 0.15) is 6.42 Å². The van der Waals surface area contributed by atoms with Gasteiger partial charge in [0, 0.05) is 6.04 Å². The molecule has 0 spiro atoms. The normalized spacial score (nSPS) is 35.0. The highest BCUT2D eigenvalue weighted by Gasteiger charge is 2.50. The van der Waals surface area contributed by atoms with Gasteiger partial charge in [0.15, 0.2) is 0 Å². The molecule has 2 amide bonds. The smallest absolute Gasteiger partial charge is 0.369 e. The summed E-state index contributed by atoms with van der Waals surface area (Å²) in [5, 5.41) is 1.87. The van der Waals surface area contributed by atoms with Crippen LogP contribution in [0.3, 0.4) is 0 Å². The van der Waals surface area contributed by atoms with Crippen molar-refractivity contribution in [2.24, 2.45) is 23.5 Å². The van der Waals surface area contributed by atoms with Crippen molar-refractivity contribution >= 4 is 11.8 Å². The molecule has 0 radical (unpaired) electrons. The van der Waals surface area contributed by atoms with Gasteiger partial charge < -0.3 is 11.1 Å². The SMILES string of the molecule is NC(=O)C1[C@H]2C=C[C@H](C2)[C@H]1NC(=O)C(F)(F)F. The number of rotatable bonds is 2. The van der Waals surface area contributed by atoms with E-state index in [0.29, 0.717) is 6.42 Å². The number of alkyl halides is 3. The Labute approximate surface area is 95.0 Å². The van der Waals surface area contributed by atoms with Gasteiger partial charge in [-0.05, 0) is 18.3 Å². The zero-order valence-corrected chi connectivity index (χ0v) is 8.70. The van der Waals surface area contributed by atoms with Gasteiger partial charge in [-0.1, -0.05) is 12.2 Å². The minimum atomic E-state index is -4.94. The van der Waals surface area contributed by atoms with Crippen molar-refractivity contribution < 1.29 is 22.8 Å². The van der Waals surface area contributed by atoms with Crippen molar-refractivity contribution in [3.8, 4) is 0 Å². The van der Waals surface area contributed by atoms with Gasteiger partial charge in [0.1, 0.15) is 0 Å². The molecule has 0 aromatic carbocycles. The summed E-state index contributed by atoms with van der Waals surface area (Å²) in [7, 11) is 0. The van der Waals surface area contributed by atoms with Crippen LogP contribution in [-0.2, 0) is 9.59 Å². The van der Waals surface area contributed by atoms with Crippen LogP contribution in [0, 0.1) is 17.8 Å². The molecule has 1 unspecified atom stereocenters. The third-order valence-electron chi connectivity index (χ3n) is 3.34. The van der Waals surface area contributed by atoms with E-state index in [2.05, 4.69) is 0 Å². The van der Waals surface area contributed by atoms with Gasteiger partial charge in [0.25, 0.3) is 0 Å². The first-order valence-corrected chi connectivity index (χ1v) is 5.16. The Morgan fingerprint density at radius 1 is 1.24 bits per heavy atom. The van der Waals surface area contributed by atoms with Gasteiger partial charge in [-0.25, -0.2) is 0 Å². The van der Waals surface area contributed by atoms with Crippen molar-refractivity contribution in [1.29, 1.82) is 0 Å². The Balaban J connectivity index is 2.13. The zero-order chi connectivity index (χ0) is 12.8. The highest BCUT2D eigenvalue weighted by atomic mass is 19.4. The molecule has 1 fully saturated rings. The number of fused-ring (bicyclic) bond motifs is 2. The standard InChI is InChI=1S/C10H11F3N2O2/c11-10(12,13)9(17)15-7-5-2-1-4(3-5)6(7)8(14)16/h1-2,4-7H,3H2,(H2,14,16)(H,15,17)/t4-,5+,6?,7+/m0/s1. The highest BCUT2D eigenvalue weighted by Crippen LogP contribution is 2.43. The monoisotopic (exact) mass is 248 g/mol. The summed E-state index contributed by atoms with van der Waals surface area (Å²) in [6.07, 6.45) is -0.869. The summed E-state index contributed by atoms with van der Waals surface area (Å²) < 4.78 is 36.4. The highest BCUT2D eigenvalue weighted by molar-refractivity contribution is 5.84. The lowest BCUT2D eigenvalue weighted by Gasteiger charge is -2.26. The van der Waals surface area contributed by atoms with Crippen molar-refractivity contribution in [2.45, 2.75) is 18.6 Å².